The Morgan fingerprint density at radius 2 is 1.87 bits per heavy atom. The van der Waals surface area contributed by atoms with Crippen molar-refractivity contribution in [1.29, 1.82) is 0 Å². The summed E-state index contributed by atoms with van der Waals surface area (Å²) in [5.74, 6) is 0.841. The molecule has 0 bridgehead atoms. The number of benzene rings is 1. The number of aliphatic hydroxyl groups excluding tert-OH is 1. The van der Waals surface area contributed by atoms with Crippen molar-refractivity contribution in [3.05, 3.63) is 28.8 Å². The molecule has 0 radical (unpaired) electrons. The van der Waals surface area contributed by atoms with E-state index in [9.17, 15) is 5.11 Å². The predicted octanol–water partition coefficient (Wildman–Crippen LogP) is 1.69. The summed E-state index contributed by atoms with van der Waals surface area (Å²) >= 11 is 0. The Morgan fingerprint density at radius 1 is 1.27 bits per heavy atom. The Kier molecular flexibility index (Phi) is 3.72. The van der Waals surface area contributed by atoms with Gasteiger partial charge in [-0.2, -0.15) is 0 Å². The normalized spacial score (nSPS) is 14.8. The SMILES string of the molecule is COc1ccc([C@H](O)[C@@H](C)N)c(C)c1C. The van der Waals surface area contributed by atoms with Gasteiger partial charge in [-0.1, -0.05) is 6.07 Å². The molecule has 0 spiro atoms. The van der Waals surface area contributed by atoms with Crippen molar-refractivity contribution in [3.8, 4) is 5.75 Å². The molecule has 1 aromatic rings. The zero-order chi connectivity index (χ0) is 11.6. The van der Waals surface area contributed by atoms with E-state index in [0.717, 1.165) is 22.4 Å². The molecule has 0 aliphatic rings. The van der Waals surface area contributed by atoms with Crippen LogP contribution in [0.25, 0.3) is 0 Å². The molecule has 0 fully saturated rings. The van der Waals surface area contributed by atoms with Crippen LogP contribution < -0.4 is 10.5 Å². The summed E-state index contributed by atoms with van der Waals surface area (Å²) in [4.78, 5) is 0. The van der Waals surface area contributed by atoms with Gasteiger partial charge in [-0.05, 0) is 43.5 Å². The maximum Gasteiger partial charge on any atom is 0.122 e. The first-order valence-electron chi connectivity index (χ1n) is 5.06. The van der Waals surface area contributed by atoms with Crippen molar-refractivity contribution >= 4 is 0 Å². The van der Waals surface area contributed by atoms with E-state index in [1.54, 1.807) is 14.0 Å². The summed E-state index contributed by atoms with van der Waals surface area (Å²) in [5.41, 5.74) is 8.65. The van der Waals surface area contributed by atoms with Gasteiger partial charge >= 0.3 is 0 Å². The summed E-state index contributed by atoms with van der Waals surface area (Å²) in [6, 6.07) is 3.47. The van der Waals surface area contributed by atoms with E-state index < -0.39 is 6.10 Å². The second kappa shape index (κ2) is 4.64. The number of ether oxygens (including phenoxy) is 1. The molecule has 3 heteroatoms. The maximum absolute atomic E-state index is 9.90. The molecule has 84 valence electrons. The average molecular weight is 209 g/mol. The van der Waals surface area contributed by atoms with E-state index >= 15 is 0 Å². The van der Waals surface area contributed by atoms with Gasteiger partial charge in [0.25, 0.3) is 0 Å². The number of methoxy groups -OCH3 is 1. The highest BCUT2D eigenvalue weighted by atomic mass is 16.5. The van der Waals surface area contributed by atoms with Crippen molar-refractivity contribution < 1.29 is 9.84 Å². The van der Waals surface area contributed by atoms with E-state index in [1.807, 2.05) is 26.0 Å². The summed E-state index contributed by atoms with van der Waals surface area (Å²) < 4.78 is 5.21. The van der Waals surface area contributed by atoms with Crippen LogP contribution in [0.2, 0.25) is 0 Å². The summed E-state index contributed by atoms with van der Waals surface area (Å²) in [6.07, 6.45) is -0.616. The highest BCUT2D eigenvalue weighted by molar-refractivity contribution is 5.44. The monoisotopic (exact) mass is 209 g/mol. The number of hydrogen-bond acceptors (Lipinski definition) is 3. The Bertz CT molecular complexity index is 348. The van der Waals surface area contributed by atoms with Crippen molar-refractivity contribution in [3.63, 3.8) is 0 Å². The highest BCUT2D eigenvalue weighted by Crippen LogP contribution is 2.28. The van der Waals surface area contributed by atoms with Gasteiger partial charge in [0.2, 0.25) is 0 Å². The molecule has 3 nitrogen and oxygen atoms in total. The van der Waals surface area contributed by atoms with Gasteiger partial charge in [-0.15, -0.1) is 0 Å². The molecule has 3 N–H and O–H groups in total. The van der Waals surface area contributed by atoms with Crippen molar-refractivity contribution in [2.45, 2.75) is 32.9 Å². The summed E-state index contributed by atoms with van der Waals surface area (Å²) in [7, 11) is 1.64. The number of hydrogen-bond donors (Lipinski definition) is 2. The minimum Gasteiger partial charge on any atom is -0.496 e. The van der Waals surface area contributed by atoms with Crippen LogP contribution in [-0.4, -0.2) is 18.3 Å². The number of nitrogens with two attached hydrogens (primary N) is 1. The molecule has 0 aromatic heterocycles. The topological polar surface area (TPSA) is 55.5 Å². The molecule has 0 aliphatic heterocycles. The lowest BCUT2D eigenvalue weighted by atomic mass is 9.95. The van der Waals surface area contributed by atoms with Crippen LogP contribution >= 0.6 is 0 Å². The van der Waals surface area contributed by atoms with E-state index in [4.69, 9.17) is 10.5 Å². The standard InChI is InChI=1S/C12H19NO2/c1-7-8(2)11(15-4)6-5-10(7)12(14)9(3)13/h5-6,9,12,14H,13H2,1-4H3/t9-,12-/m1/s1. The largest absolute Gasteiger partial charge is 0.496 e. The Hall–Kier alpha value is -1.06. The quantitative estimate of drug-likeness (QED) is 0.796. The lowest BCUT2D eigenvalue weighted by molar-refractivity contribution is 0.152. The van der Waals surface area contributed by atoms with Crippen LogP contribution in [0, 0.1) is 13.8 Å². The van der Waals surface area contributed by atoms with Crippen LogP contribution in [0.3, 0.4) is 0 Å². The third-order valence-electron chi connectivity index (χ3n) is 2.82. The van der Waals surface area contributed by atoms with Crippen LogP contribution in [0.15, 0.2) is 12.1 Å². The van der Waals surface area contributed by atoms with Crippen LogP contribution in [-0.2, 0) is 0 Å². The van der Waals surface area contributed by atoms with Crippen molar-refractivity contribution in [2.24, 2.45) is 5.73 Å². The van der Waals surface area contributed by atoms with E-state index in [-0.39, 0.29) is 6.04 Å². The van der Waals surface area contributed by atoms with Crippen molar-refractivity contribution in [2.75, 3.05) is 7.11 Å². The Morgan fingerprint density at radius 3 is 2.33 bits per heavy atom. The second-order valence-electron chi connectivity index (χ2n) is 3.91. The lowest BCUT2D eigenvalue weighted by Crippen LogP contribution is -2.25. The van der Waals surface area contributed by atoms with Gasteiger partial charge in [0.05, 0.1) is 13.2 Å². The first-order valence-corrected chi connectivity index (χ1v) is 5.06. The lowest BCUT2D eigenvalue weighted by Gasteiger charge is -2.19. The first kappa shape index (κ1) is 12.0. The first-order chi connectivity index (χ1) is 6.99. The fraction of sp³-hybridized carbons (Fsp3) is 0.500. The van der Waals surface area contributed by atoms with Gasteiger partial charge in [-0.25, -0.2) is 0 Å². The van der Waals surface area contributed by atoms with E-state index in [2.05, 4.69) is 0 Å². The van der Waals surface area contributed by atoms with Gasteiger partial charge < -0.3 is 15.6 Å². The third kappa shape index (κ3) is 2.30. The molecule has 0 heterocycles. The minimum atomic E-state index is -0.616. The molecule has 1 rings (SSSR count). The number of rotatable bonds is 3. The van der Waals surface area contributed by atoms with Crippen LogP contribution in [0.4, 0.5) is 0 Å². The Labute approximate surface area is 90.9 Å². The molecular formula is C12H19NO2. The van der Waals surface area contributed by atoms with E-state index in [1.165, 1.54) is 0 Å². The smallest absolute Gasteiger partial charge is 0.122 e. The molecule has 0 aliphatic carbocycles. The third-order valence-corrected chi connectivity index (χ3v) is 2.82. The molecule has 1 aromatic carbocycles. The fourth-order valence-corrected chi connectivity index (χ4v) is 1.64. The van der Waals surface area contributed by atoms with Gasteiger partial charge in [0, 0.05) is 6.04 Å². The fourth-order valence-electron chi connectivity index (χ4n) is 1.64. The highest BCUT2D eigenvalue weighted by Gasteiger charge is 2.16. The zero-order valence-electron chi connectivity index (χ0n) is 9.74. The predicted molar refractivity (Wildman–Crippen MR) is 61.1 cm³/mol. The molecular weight excluding hydrogens is 190 g/mol. The Balaban J connectivity index is 3.17. The number of aliphatic hydroxyl groups is 1. The average Bonchev–Trinajstić information content (AvgIpc) is 2.21. The zero-order valence-corrected chi connectivity index (χ0v) is 9.74. The summed E-state index contributed by atoms with van der Waals surface area (Å²) in [5, 5.41) is 9.90. The van der Waals surface area contributed by atoms with Crippen LogP contribution in [0.5, 0.6) is 5.75 Å². The van der Waals surface area contributed by atoms with Crippen molar-refractivity contribution in [1.82, 2.24) is 0 Å². The second-order valence-corrected chi connectivity index (χ2v) is 3.91. The van der Waals surface area contributed by atoms with Gasteiger partial charge in [0.1, 0.15) is 5.75 Å². The summed E-state index contributed by atoms with van der Waals surface area (Å²) in [6.45, 7) is 5.74. The molecule has 0 amide bonds. The molecule has 2 atom stereocenters. The van der Waals surface area contributed by atoms with E-state index in [0.29, 0.717) is 0 Å². The minimum absolute atomic E-state index is 0.267. The maximum atomic E-state index is 9.90. The molecule has 0 unspecified atom stereocenters. The van der Waals surface area contributed by atoms with Crippen LogP contribution in [0.1, 0.15) is 29.7 Å². The van der Waals surface area contributed by atoms with Gasteiger partial charge in [-0.3, -0.25) is 0 Å². The molecule has 0 saturated carbocycles. The molecule has 0 saturated heterocycles. The molecule has 15 heavy (non-hydrogen) atoms. The van der Waals surface area contributed by atoms with Gasteiger partial charge in [0.15, 0.2) is 0 Å².